The Bertz CT molecular complexity index is 891. The van der Waals surface area contributed by atoms with E-state index in [4.69, 9.17) is 21.1 Å². The summed E-state index contributed by atoms with van der Waals surface area (Å²) in [6, 6.07) is 12.3. The highest BCUT2D eigenvalue weighted by Crippen LogP contribution is 2.28. The van der Waals surface area contributed by atoms with Crippen molar-refractivity contribution >= 4 is 11.6 Å². The first-order chi connectivity index (χ1) is 15.9. The van der Waals surface area contributed by atoms with Crippen LogP contribution in [0.5, 0.6) is 11.5 Å². The number of β-amino-alcohol motifs (C(OH)–C–C–N with tert-alkyl or cyclic N) is 1. The minimum Gasteiger partial charge on any atom is -0.492 e. The van der Waals surface area contributed by atoms with Crippen molar-refractivity contribution in [2.75, 3.05) is 45.9 Å². The third kappa shape index (κ3) is 6.86. The maximum atomic E-state index is 11.2. The zero-order valence-electron chi connectivity index (χ0n) is 20.0. The summed E-state index contributed by atoms with van der Waals surface area (Å²) in [7, 11) is 0. The minimum absolute atomic E-state index is 0.286. The Kier molecular flexibility index (Phi) is 8.18. The van der Waals surface area contributed by atoms with E-state index >= 15 is 0 Å². The van der Waals surface area contributed by atoms with Gasteiger partial charge in [0.05, 0.1) is 0 Å². The fraction of sp³-hybridized carbons (Fsp3) is 0.556. The number of hydrogen-bond acceptors (Lipinski definition) is 5. The van der Waals surface area contributed by atoms with Crippen LogP contribution in [0.3, 0.4) is 0 Å². The summed E-state index contributed by atoms with van der Waals surface area (Å²) in [6.45, 7) is 10.8. The molecule has 0 radical (unpaired) electrons. The molecule has 2 aromatic rings. The Morgan fingerprint density at radius 1 is 0.909 bits per heavy atom. The standard InChI is InChI=1S/C27H37ClN2O3/c1-21-16-25(17-22(2)26(21)28)33-20-27(31)10-5-13-30(19-27)18-23-6-8-24(9-7-23)32-15-14-29-11-3-4-12-29/h6-9,16-17,31H,3-5,10-15,18-20H2,1-2H3. The smallest absolute Gasteiger partial charge is 0.120 e. The second kappa shape index (κ2) is 11.1. The quantitative estimate of drug-likeness (QED) is 0.566. The minimum atomic E-state index is -0.849. The fourth-order valence-electron chi connectivity index (χ4n) is 4.91. The van der Waals surface area contributed by atoms with E-state index in [2.05, 4.69) is 34.1 Å². The first kappa shape index (κ1) is 24.3. The van der Waals surface area contributed by atoms with E-state index in [9.17, 15) is 5.11 Å². The molecule has 0 aliphatic carbocycles. The fourth-order valence-corrected chi connectivity index (χ4v) is 5.02. The van der Waals surface area contributed by atoms with Crippen molar-refractivity contribution in [2.45, 2.75) is 51.7 Å². The van der Waals surface area contributed by atoms with E-state index in [1.165, 1.54) is 31.5 Å². The second-order valence-electron chi connectivity index (χ2n) is 9.74. The SMILES string of the molecule is Cc1cc(OCC2(O)CCCN(Cc3ccc(OCCN4CCCC4)cc3)C2)cc(C)c1Cl. The maximum absolute atomic E-state index is 11.2. The van der Waals surface area contributed by atoms with E-state index in [1.54, 1.807) is 0 Å². The number of piperidine rings is 1. The van der Waals surface area contributed by atoms with Crippen molar-refractivity contribution in [1.82, 2.24) is 9.80 Å². The van der Waals surface area contributed by atoms with E-state index in [0.29, 0.717) is 6.54 Å². The molecular weight excluding hydrogens is 436 g/mol. The third-order valence-corrected chi connectivity index (χ3v) is 7.35. The third-order valence-electron chi connectivity index (χ3n) is 6.76. The van der Waals surface area contributed by atoms with Crippen LogP contribution < -0.4 is 9.47 Å². The molecule has 33 heavy (non-hydrogen) atoms. The summed E-state index contributed by atoms with van der Waals surface area (Å²) in [4.78, 5) is 4.78. The monoisotopic (exact) mass is 472 g/mol. The molecule has 0 saturated carbocycles. The normalized spacial score (nSPS) is 21.9. The van der Waals surface area contributed by atoms with Crippen molar-refractivity contribution in [1.29, 1.82) is 0 Å². The van der Waals surface area contributed by atoms with Crippen molar-refractivity contribution in [3.63, 3.8) is 0 Å². The van der Waals surface area contributed by atoms with Crippen LogP contribution in [-0.2, 0) is 6.54 Å². The van der Waals surface area contributed by atoms with Gasteiger partial charge < -0.3 is 14.6 Å². The molecule has 4 rings (SSSR count). The zero-order chi connectivity index (χ0) is 23.3. The topological polar surface area (TPSA) is 45.2 Å². The van der Waals surface area contributed by atoms with Crippen LogP contribution in [0, 0.1) is 13.8 Å². The van der Waals surface area contributed by atoms with Gasteiger partial charge in [-0.15, -0.1) is 0 Å². The molecule has 2 aliphatic heterocycles. The van der Waals surface area contributed by atoms with Crippen molar-refractivity contribution in [3.05, 3.63) is 58.1 Å². The first-order valence-corrected chi connectivity index (χ1v) is 12.6. The Morgan fingerprint density at radius 3 is 2.27 bits per heavy atom. The van der Waals surface area contributed by atoms with Crippen LogP contribution >= 0.6 is 11.6 Å². The largest absolute Gasteiger partial charge is 0.492 e. The summed E-state index contributed by atoms with van der Waals surface area (Å²) in [6.07, 6.45) is 4.33. The van der Waals surface area contributed by atoms with Gasteiger partial charge in [0.1, 0.15) is 30.3 Å². The van der Waals surface area contributed by atoms with Crippen LogP contribution in [0.15, 0.2) is 36.4 Å². The molecule has 0 aromatic heterocycles. The van der Waals surface area contributed by atoms with Gasteiger partial charge in [0.2, 0.25) is 0 Å². The van der Waals surface area contributed by atoms with Gasteiger partial charge >= 0.3 is 0 Å². The lowest BCUT2D eigenvalue weighted by molar-refractivity contribution is -0.0621. The van der Waals surface area contributed by atoms with Gasteiger partial charge in [-0.2, -0.15) is 0 Å². The average Bonchev–Trinajstić information content (AvgIpc) is 3.31. The first-order valence-electron chi connectivity index (χ1n) is 12.2. The molecule has 1 unspecified atom stereocenters. The highest BCUT2D eigenvalue weighted by atomic mass is 35.5. The summed E-state index contributed by atoms with van der Waals surface area (Å²) in [5.41, 5.74) is 2.37. The zero-order valence-corrected chi connectivity index (χ0v) is 20.7. The van der Waals surface area contributed by atoms with Crippen molar-refractivity contribution in [2.24, 2.45) is 0 Å². The van der Waals surface area contributed by atoms with Crippen molar-refractivity contribution in [3.8, 4) is 11.5 Å². The number of aryl methyl sites for hydroxylation is 2. The molecular formula is C27H37ClN2O3. The molecule has 1 atom stereocenters. The summed E-state index contributed by atoms with van der Waals surface area (Å²) >= 11 is 6.26. The molecule has 2 saturated heterocycles. The molecule has 5 nitrogen and oxygen atoms in total. The van der Waals surface area contributed by atoms with Gasteiger partial charge in [-0.05, 0) is 100 Å². The second-order valence-corrected chi connectivity index (χ2v) is 10.1. The van der Waals surface area contributed by atoms with Crippen LogP contribution in [0.4, 0.5) is 0 Å². The molecule has 2 heterocycles. The number of ether oxygens (including phenoxy) is 2. The maximum Gasteiger partial charge on any atom is 0.120 e. The number of likely N-dealkylation sites (tertiary alicyclic amines) is 2. The molecule has 180 valence electrons. The number of benzene rings is 2. The molecule has 0 spiro atoms. The molecule has 2 aliphatic rings. The molecule has 2 aromatic carbocycles. The molecule has 0 amide bonds. The molecule has 6 heteroatoms. The number of halogens is 1. The Labute approximate surface area is 203 Å². The molecule has 2 fully saturated rings. The highest BCUT2D eigenvalue weighted by Gasteiger charge is 2.34. The van der Waals surface area contributed by atoms with Crippen LogP contribution in [0.2, 0.25) is 5.02 Å². The molecule has 0 bridgehead atoms. The van der Waals surface area contributed by atoms with Gasteiger partial charge in [-0.25, -0.2) is 0 Å². The van der Waals surface area contributed by atoms with Crippen molar-refractivity contribution < 1.29 is 14.6 Å². The Hall–Kier alpha value is -1.79. The van der Waals surface area contributed by atoms with E-state index in [1.807, 2.05) is 26.0 Å². The number of aliphatic hydroxyl groups is 1. The predicted octanol–water partition coefficient (Wildman–Crippen LogP) is 4.84. The number of hydrogen-bond donors (Lipinski definition) is 1. The average molecular weight is 473 g/mol. The van der Waals surface area contributed by atoms with Gasteiger partial charge in [0.25, 0.3) is 0 Å². The molecule has 1 N–H and O–H groups in total. The van der Waals surface area contributed by atoms with Crippen LogP contribution in [0.25, 0.3) is 0 Å². The lowest BCUT2D eigenvalue weighted by Crippen LogP contribution is -2.51. The predicted molar refractivity (Wildman–Crippen MR) is 133 cm³/mol. The van der Waals surface area contributed by atoms with Crippen LogP contribution in [0.1, 0.15) is 42.4 Å². The lowest BCUT2D eigenvalue weighted by Gasteiger charge is -2.39. The summed E-state index contributed by atoms with van der Waals surface area (Å²) < 4.78 is 11.9. The van der Waals surface area contributed by atoms with Crippen LogP contribution in [-0.4, -0.2) is 66.4 Å². The van der Waals surface area contributed by atoms with Gasteiger partial charge in [-0.1, -0.05) is 23.7 Å². The summed E-state index contributed by atoms with van der Waals surface area (Å²) in [5.74, 6) is 1.69. The number of rotatable bonds is 9. The van der Waals surface area contributed by atoms with E-state index < -0.39 is 5.60 Å². The van der Waals surface area contributed by atoms with Gasteiger partial charge in [-0.3, -0.25) is 9.80 Å². The Balaban J connectivity index is 1.25. The summed E-state index contributed by atoms with van der Waals surface area (Å²) in [5, 5.41) is 12.0. The number of nitrogens with zero attached hydrogens (tertiary/aromatic N) is 2. The van der Waals surface area contributed by atoms with E-state index in [-0.39, 0.29) is 6.61 Å². The Morgan fingerprint density at radius 2 is 1.58 bits per heavy atom. The van der Waals surface area contributed by atoms with Gasteiger partial charge in [0, 0.05) is 24.7 Å². The highest BCUT2D eigenvalue weighted by molar-refractivity contribution is 6.32. The lowest BCUT2D eigenvalue weighted by atomic mass is 9.93. The van der Waals surface area contributed by atoms with Gasteiger partial charge in [0.15, 0.2) is 0 Å². The van der Waals surface area contributed by atoms with E-state index in [0.717, 1.165) is 66.7 Å².